The van der Waals surface area contributed by atoms with Gasteiger partial charge in [-0.25, -0.2) is 0 Å². The third kappa shape index (κ3) is 1.54. The Bertz CT molecular complexity index is 838. The molecule has 0 amide bonds. The molecule has 1 spiro atoms. The fourth-order valence-electron chi connectivity index (χ4n) is 7.20. The van der Waals surface area contributed by atoms with Crippen LogP contribution in [-0.4, -0.2) is 0 Å². The van der Waals surface area contributed by atoms with E-state index in [1.807, 2.05) is 6.07 Å². The Hall–Kier alpha value is -0.980. The third-order valence-electron chi connectivity index (χ3n) is 7.56. The second kappa shape index (κ2) is 4.59. The van der Waals surface area contributed by atoms with Crippen LogP contribution in [0.4, 0.5) is 0 Å². The molecule has 0 heterocycles. The average Bonchev–Trinajstić information content (AvgIpc) is 2.84. The Morgan fingerprint density at radius 2 is 1.46 bits per heavy atom. The molecule has 2 aromatic rings. The highest BCUT2D eigenvalue weighted by Crippen LogP contribution is 2.70. The lowest BCUT2D eigenvalue weighted by atomic mass is 9.43. The molecule has 5 aliphatic rings. The summed E-state index contributed by atoms with van der Waals surface area (Å²) in [6.45, 7) is 0. The van der Waals surface area contributed by atoms with Crippen molar-refractivity contribution in [2.75, 3.05) is 0 Å². The molecule has 24 heavy (non-hydrogen) atoms. The van der Waals surface area contributed by atoms with Crippen molar-refractivity contribution in [2.24, 2.45) is 23.7 Å². The highest BCUT2D eigenvalue weighted by atomic mass is 35.5. The van der Waals surface area contributed by atoms with Crippen LogP contribution in [0.1, 0.15) is 43.2 Å². The molecule has 122 valence electrons. The van der Waals surface area contributed by atoms with Gasteiger partial charge in [-0.05, 0) is 90.2 Å². The summed E-state index contributed by atoms with van der Waals surface area (Å²) in [6.07, 6.45) is 7.03. The molecule has 7 rings (SSSR count). The smallest absolute Gasteiger partial charge is 0.0468 e. The van der Waals surface area contributed by atoms with Gasteiger partial charge in [0.05, 0.1) is 0 Å². The van der Waals surface area contributed by atoms with Gasteiger partial charge in [0.25, 0.3) is 0 Å². The molecule has 2 heteroatoms. The SMILES string of the molecule is Clc1cc(Cl)c2c(c1)-c1ccccc1C21C2CC3CC(C2)CC1C3. The number of rotatable bonds is 0. The Kier molecular flexibility index (Phi) is 2.72. The first kappa shape index (κ1) is 14.2. The summed E-state index contributed by atoms with van der Waals surface area (Å²) in [5.74, 6) is 3.44. The van der Waals surface area contributed by atoms with Crippen molar-refractivity contribution in [1.82, 2.24) is 0 Å². The number of benzene rings is 2. The van der Waals surface area contributed by atoms with Gasteiger partial charge in [-0.1, -0.05) is 47.5 Å². The summed E-state index contributed by atoms with van der Waals surface area (Å²) < 4.78 is 0. The molecule has 0 unspecified atom stereocenters. The van der Waals surface area contributed by atoms with Gasteiger partial charge in [0.15, 0.2) is 0 Å². The zero-order valence-electron chi connectivity index (χ0n) is 13.6. The maximum Gasteiger partial charge on any atom is 0.0468 e. The van der Waals surface area contributed by atoms with E-state index in [1.165, 1.54) is 54.4 Å². The first-order chi connectivity index (χ1) is 11.7. The Morgan fingerprint density at radius 1 is 0.792 bits per heavy atom. The first-order valence-corrected chi connectivity index (χ1v) is 10.0. The van der Waals surface area contributed by atoms with E-state index in [4.69, 9.17) is 23.2 Å². The second-order valence-corrected chi connectivity index (χ2v) is 9.37. The molecule has 0 N–H and O–H groups in total. The van der Waals surface area contributed by atoms with Crippen molar-refractivity contribution >= 4 is 23.2 Å². The maximum atomic E-state index is 6.86. The Labute approximate surface area is 153 Å². The lowest BCUT2D eigenvalue weighted by Crippen LogP contribution is -2.55. The molecule has 0 atom stereocenters. The minimum absolute atomic E-state index is 0.154. The lowest BCUT2D eigenvalue weighted by molar-refractivity contribution is -0.0399. The zero-order chi connectivity index (χ0) is 16.1. The summed E-state index contributed by atoms with van der Waals surface area (Å²) in [6, 6.07) is 13.2. The van der Waals surface area contributed by atoms with Crippen molar-refractivity contribution in [3.63, 3.8) is 0 Å². The second-order valence-electron chi connectivity index (χ2n) is 8.53. The number of hydrogen-bond donors (Lipinski definition) is 0. The van der Waals surface area contributed by atoms with Crippen LogP contribution in [0, 0.1) is 23.7 Å². The standard InChI is InChI=1S/C22H20Cl2/c23-16-10-18-17-3-1-2-4-19(17)22(21(18)20(24)11-16)14-6-12-5-13(8-14)9-15(22)7-12/h1-4,10-15H,5-9H2. The van der Waals surface area contributed by atoms with Crippen molar-refractivity contribution < 1.29 is 0 Å². The van der Waals surface area contributed by atoms with Crippen molar-refractivity contribution in [3.8, 4) is 11.1 Å². The first-order valence-electron chi connectivity index (χ1n) is 9.27. The minimum atomic E-state index is 0.154. The van der Waals surface area contributed by atoms with E-state index in [9.17, 15) is 0 Å². The average molecular weight is 355 g/mol. The van der Waals surface area contributed by atoms with Crippen LogP contribution in [-0.2, 0) is 5.41 Å². The molecular formula is C22H20Cl2. The third-order valence-corrected chi connectivity index (χ3v) is 8.07. The van der Waals surface area contributed by atoms with Crippen molar-refractivity contribution in [1.29, 1.82) is 0 Å². The number of halogens is 2. The van der Waals surface area contributed by atoms with Gasteiger partial charge in [-0.15, -0.1) is 0 Å². The molecule has 4 fully saturated rings. The molecule has 0 saturated heterocycles. The molecule has 0 aliphatic heterocycles. The van der Waals surface area contributed by atoms with Crippen molar-refractivity contribution in [2.45, 2.75) is 37.5 Å². The van der Waals surface area contributed by atoms with Crippen LogP contribution in [0.5, 0.6) is 0 Å². The van der Waals surface area contributed by atoms with E-state index in [0.717, 1.165) is 33.7 Å². The van der Waals surface area contributed by atoms with Crippen molar-refractivity contribution in [3.05, 3.63) is 57.6 Å². The highest BCUT2D eigenvalue weighted by Gasteiger charge is 2.62. The Balaban J connectivity index is 1.71. The van der Waals surface area contributed by atoms with Gasteiger partial charge in [0.2, 0.25) is 0 Å². The summed E-state index contributed by atoms with van der Waals surface area (Å²) in [7, 11) is 0. The summed E-state index contributed by atoms with van der Waals surface area (Å²) >= 11 is 13.3. The molecular weight excluding hydrogens is 335 g/mol. The maximum absolute atomic E-state index is 6.86. The molecule has 0 radical (unpaired) electrons. The van der Waals surface area contributed by atoms with E-state index in [2.05, 4.69) is 30.3 Å². The van der Waals surface area contributed by atoms with Gasteiger partial charge >= 0.3 is 0 Å². The quantitative estimate of drug-likeness (QED) is 0.492. The van der Waals surface area contributed by atoms with Gasteiger partial charge < -0.3 is 0 Å². The largest absolute Gasteiger partial charge is 0.0843 e. The molecule has 2 aromatic carbocycles. The minimum Gasteiger partial charge on any atom is -0.0843 e. The molecule has 5 aliphatic carbocycles. The van der Waals surface area contributed by atoms with Gasteiger partial charge in [-0.2, -0.15) is 0 Å². The normalized spacial score (nSPS) is 37.8. The topological polar surface area (TPSA) is 0 Å². The highest BCUT2D eigenvalue weighted by molar-refractivity contribution is 6.36. The predicted molar refractivity (Wildman–Crippen MR) is 99.7 cm³/mol. The molecule has 4 bridgehead atoms. The summed E-state index contributed by atoms with van der Waals surface area (Å²) in [5.41, 5.74) is 5.78. The predicted octanol–water partition coefficient (Wildman–Crippen LogP) is 6.72. The van der Waals surface area contributed by atoms with Gasteiger partial charge in [-0.3, -0.25) is 0 Å². The Morgan fingerprint density at radius 3 is 2.17 bits per heavy atom. The molecule has 4 saturated carbocycles. The fraction of sp³-hybridized carbons (Fsp3) is 0.455. The van der Waals surface area contributed by atoms with Gasteiger partial charge in [0.1, 0.15) is 0 Å². The zero-order valence-corrected chi connectivity index (χ0v) is 15.1. The van der Waals surface area contributed by atoms with Crippen LogP contribution in [0.15, 0.2) is 36.4 Å². The van der Waals surface area contributed by atoms with E-state index in [-0.39, 0.29) is 5.41 Å². The van der Waals surface area contributed by atoms with Crippen LogP contribution < -0.4 is 0 Å². The van der Waals surface area contributed by atoms with Crippen LogP contribution in [0.2, 0.25) is 10.0 Å². The van der Waals surface area contributed by atoms with E-state index >= 15 is 0 Å². The molecule has 0 nitrogen and oxygen atoms in total. The monoisotopic (exact) mass is 354 g/mol. The van der Waals surface area contributed by atoms with E-state index in [0.29, 0.717) is 0 Å². The fourth-order valence-corrected chi connectivity index (χ4v) is 7.85. The van der Waals surface area contributed by atoms with Gasteiger partial charge in [0, 0.05) is 15.5 Å². The summed E-state index contributed by atoms with van der Waals surface area (Å²) in [5, 5.41) is 1.65. The van der Waals surface area contributed by atoms with Crippen LogP contribution in [0.25, 0.3) is 11.1 Å². The summed E-state index contributed by atoms with van der Waals surface area (Å²) in [4.78, 5) is 0. The van der Waals surface area contributed by atoms with E-state index in [1.54, 1.807) is 0 Å². The number of hydrogen-bond acceptors (Lipinski definition) is 0. The van der Waals surface area contributed by atoms with Crippen LogP contribution >= 0.6 is 23.2 Å². The number of fused-ring (bicyclic) bond motifs is 3. The molecule has 0 aromatic heterocycles. The lowest BCUT2D eigenvalue weighted by Gasteiger charge is -2.61. The van der Waals surface area contributed by atoms with Crippen LogP contribution in [0.3, 0.4) is 0 Å². The van der Waals surface area contributed by atoms with E-state index < -0.39 is 0 Å².